The quantitative estimate of drug-likeness (QED) is 0.765. The standard InChI is InChI=1S/C14H19BrN4O3/c1-21-7-3-5-14(13(16)20)6-4-11(17-9-14)19-12(22-2)10(15)8-18-19/h4,6,8H,3,5,7,9H2,1-2H3,(H2,16,20). The van der Waals surface area contributed by atoms with Crippen molar-refractivity contribution in [3.63, 3.8) is 0 Å². The molecule has 1 aromatic rings. The molecule has 1 unspecified atom stereocenters. The highest BCUT2D eigenvalue weighted by atomic mass is 79.9. The number of aromatic nitrogens is 2. The third-order valence-electron chi connectivity index (χ3n) is 3.63. The summed E-state index contributed by atoms with van der Waals surface area (Å²) in [5.41, 5.74) is 4.81. The number of primary amides is 1. The third-order valence-corrected chi connectivity index (χ3v) is 4.17. The summed E-state index contributed by atoms with van der Waals surface area (Å²) in [5, 5.41) is 4.20. The van der Waals surface area contributed by atoms with E-state index in [1.54, 1.807) is 31.2 Å². The van der Waals surface area contributed by atoms with Crippen LogP contribution < -0.4 is 10.5 Å². The van der Waals surface area contributed by atoms with E-state index in [9.17, 15) is 4.79 Å². The van der Waals surface area contributed by atoms with Gasteiger partial charge >= 0.3 is 0 Å². The van der Waals surface area contributed by atoms with Crippen LogP contribution in [-0.2, 0) is 9.53 Å². The lowest BCUT2D eigenvalue weighted by molar-refractivity contribution is -0.125. The van der Waals surface area contributed by atoms with Crippen LogP contribution in [-0.4, -0.2) is 48.9 Å². The summed E-state index contributed by atoms with van der Waals surface area (Å²) >= 11 is 3.36. The summed E-state index contributed by atoms with van der Waals surface area (Å²) in [6.07, 6.45) is 6.53. The minimum atomic E-state index is -0.764. The van der Waals surface area contributed by atoms with Crippen molar-refractivity contribution in [3.05, 3.63) is 22.8 Å². The van der Waals surface area contributed by atoms with Gasteiger partial charge in [0.05, 0.1) is 29.7 Å². The van der Waals surface area contributed by atoms with E-state index in [2.05, 4.69) is 26.0 Å². The highest BCUT2D eigenvalue weighted by Crippen LogP contribution is 2.30. The zero-order chi connectivity index (χ0) is 16.2. The number of halogens is 1. The van der Waals surface area contributed by atoms with Crippen LogP contribution in [0.2, 0.25) is 0 Å². The number of nitrogens with zero attached hydrogens (tertiary/aromatic N) is 3. The average molecular weight is 371 g/mol. The zero-order valence-corrected chi connectivity index (χ0v) is 14.2. The Morgan fingerprint density at radius 3 is 2.86 bits per heavy atom. The van der Waals surface area contributed by atoms with Crippen LogP contribution in [0.5, 0.6) is 5.88 Å². The molecule has 1 aliphatic heterocycles. The van der Waals surface area contributed by atoms with E-state index in [0.717, 1.165) is 10.9 Å². The van der Waals surface area contributed by atoms with Crippen LogP contribution in [0.25, 0.3) is 0 Å². The Morgan fingerprint density at radius 1 is 1.55 bits per heavy atom. The molecule has 0 bridgehead atoms. The van der Waals surface area contributed by atoms with Gasteiger partial charge < -0.3 is 15.2 Å². The van der Waals surface area contributed by atoms with Gasteiger partial charge in [0.25, 0.3) is 0 Å². The van der Waals surface area contributed by atoms with Crippen LogP contribution in [0.15, 0.2) is 27.8 Å². The van der Waals surface area contributed by atoms with Gasteiger partial charge in [-0.05, 0) is 34.8 Å². The molecule has 2 N–H and O–H groups in total. The van der Waals surface area contributed by atoms with Crippen LogP contribution in [0.4, 0.5) is 0 Å². The van der Waals surface area contributed by atoms with E-state index in [4.69, 9.17) is 15.2 Å². The largest absolute Gasteiger partial charge is 0.480 e. The summed E-state index contributed by atoms with van der Waals surface area (Å²) in [6.45, 7) is 0.873. The number of hydrogen-bond acceptors (Lipinski definition) is 5. The number of methoxy groups -OCH3 is 2. The maximum atomic E-state index is 11.8. The second kappa shape index (κ2) is 7.06. The first-order valence-corrected chi connectivity index (χ1v) is 7.64. The van der Waals surface area contributed by atoms with Crippen molar-refractivity contribution in [2.75, 3.05) is 27.4 Å². The number of dihydropyridines is 1. The number of amides is 1. The lowest BCUT2D eigenvalue weighted by Crippen LogP contribution is -2.40. The lowest BCUT2D eigenvalue weighted by Gasteiger charge is -2.28. The molecule has 0 aromatic carbocycles. The fraction of sp³-hybridized carbons (Fsp3) is 0.500. The molecule has 120 valence electrons. The summed E-state index contributed by atoms with van der Waals surface area (Å²) in [6, 6.07) is 0. The van der Waals surface area contributed by atoms with E-state index in [-0.39, 0.29) is 5.91 Å². The first kappa shape index (κ1) is 16.7. The maximum absolute atomic E-state index is 11.8. The highest BCUT2D eigenvalue weighted by Gasteiger charge is 2.35. The number of hydrogen-bond donors (Lipinski definition) is 1. The summed E-state index contributed by atoms with van der Waals surface area (Å²) in [7, 11) is 3.19. The molecule has 7 nitrogen and oxygen atoms in total. The van der Waals surface area contributed by atoms with Crippen molar-refractivity contribution in [1.82, 2.24) is 9.78 Å². The van der Waals surface area contributed by atoms with Crippen molar-refractivity contribution in [1.29, 1.82) is 0 Å². The molecule has 22 heavy (non-hydrogen) atoms. The van der Waals surface area contributed by atoms with Gasteiger partial charge in [-0.3, -0.25) is 9.79 Å². The summed E-state index contributed by atoms with van der Waals surface area (Å²) < 4.78 is 12.6. The van der Waals surface area contributed by atoms with Crippen LogP contribution in [0.3, 0.4) is 0 Å². The molecule has 1 amide bonds. The Balaban J connectivity index is 2.19. The number of ether oxygens (including phenoxy) is 2. The monoisotopic (exact) mass is 370 g/mol. The number of nitrogens with two attached hydrogens (primary N) is 1. The Labute approximate surface area is 137 Å². The van der Waals surface area contributed by atoms with Crippen molar-refractivity contribution in [3.8, 4) is 5.88 Å². The Hall–Kier alpha value is -1.67. The first-order chi connectivity index (χ1) is 10.5. The van der Waals surface area contributed by atoms with Gasteiger partial charge in [0, 0.05) is 13.7 Å². The van der Waals surface area contributed by atoms with Crippen molar-refractivity contribution < 1.29 is 14.3 Å². The number of rotatable bonds is 6. The normalized spacial score (nSPS) is 20.8. The molecule has 1 atom stereocenters. The minimum absolute atomic E-state index is 0.290. The van der Waals surface area contributed by atoms with Crippen molar-refractivity contribution >= 4 is 27.7 Å². The molecule has 2 heterocycles. The van der Waals surface area contributed by atoms with Crippen LogP contribution in [0, 0.1) is 5.41 Å². The van der Waals surface area contributed by atoms with E-state index in [1.165, 1.54) is 0 Å². The topological polar surface area (TPSA) is 91.7 Å². The number of allylic oxidation sites excluding steroid dienone is 1. The number of carbonyl (C=O) groups excluding carboxylic acids is 1. The van der Waals surface area contributed by atoms with E-state index >= 15 is 0 Å². The third kappa shape index (κ3) is 3.22. The highest BCUT2D eigenvalue weighted by molar-refractivity contribution is 9.10. The molecular weight excluding hydrogens is 352 g/mol. The molecule has 0 saturated heterocycles. The predicted molar refractivity (Wildman–Crippen MR) is 86.1 cm³/mol. The number of aliphatic imine (C=N–C) groups is 1. The summed E-state index contributed by atoms with van der Waals surface area (Å²) in [4.78, 5) is 16.3. The Morgan fingerprint density at radius 2 is 2.32 bits per heavy atom. The maximum Gasteiger partial charge on any atom is 0.232 e. The molecule has 0 spiro atoms. The Bertz CT molecular complexity index is 611. The predicted octanol–water partition coefficient (Wildman–Crippen LogP) is 1.37. The van der Waals surface area contributed by atoms with Crippen LogP contribution >= 0.6 is 15.9 Å². The fourth-order valence-electron chi connectivity index (χ4n) is 2.34. The first-order valence-electron chi connectivity index (χ1n) is 6.84. The molecule has 0 saturated carbocycles. The zero-order valence-electron chi connectivity index (χ0n) is 12.6. The second-order valence-electron chi connectivity index (χ2n) is 5.04. The second-order valence-corrected chi connectivity index (χ2v) is 5.89. The number of carbonyl (C=O) groups is 1. The van der Waals surface area contributed by atoms with Crippen molar-refractivity contribution in [2.24, 2.45) is 16.1 Å². The smallest absolute Gasteiger partial charge is 0.232 e. The van der Waals surface area contributed by atoms with Gasteiger partial charge in [0.1, 0.15) is 0 Å². The lowest BCUT2D eigenvalue weighted by atomic mass is 9.81. The molecule has 1 aromatic heterocycles. The van der Waals surface area contributed by atoms with E-state index < -0.39 is 5.41 Å². The Kier molecular flexibility index (Phi) is 5.36. The molecule has 0 radical (unpaired) electrons. The van der Waals surface area contributed by atoms with Gasteiger partial charge in [0.2, 0.25) is 11.8 Å². The minimum Gasteiger partial charge on any atom is -0.480 e. The van der Waals surface area contributed by atoms with Gasteiger partial charge in [-0.25, -0.2) is 0 Å². The SMILES string of the molecule is COCCCC1(C(N)=O)C=CC(n2ncc(Br)c2OC)=NC1. The van der Waals surface area contributed by atoms with Crippen molar-refractivity contribution in [2.45, 2.75) is 12.8 Å². The van der Waals surface area contributed by atoms with E-state index in [1.807, 2.05) is 6.08 Å². The molecule has 0 aliphatic carbocycles. The molecule has 2 rings (SSSR count). The molecular formula is C14H19BrN4O3. The van der Waals surface area contributed by atoms with Crippen LogP contribution in [0.1, 0.15) is 12.8 Å². The van der Waals surface area contributed by atoms with Gasteiger partial charge in [0.15, 0.2) is 5.84 Å². The van der Waals surface area contributed by atoms with Gasteiger partial charge in [-0.1, -0.05) is 6.08 Å². The summed E-state index contributed by atoms with van der Waals surface area (Å²) in [5.74, 6) is 0.775. The molecule has 8 heteroatoms. The fourth-order valence-corrected chi connectivity index (χ4v) is 2.76. The average Bonchev–Trinajstić information content (AvgIpc) is 2.89. The van der Waals surface area contributed by atoms with E-state index in [0.29, 0.717) is 31.3 Å². The van der Waals surface area contributed by atoms with Gasteiger partial charge in [-0.2, -0.15) is 9.78 Å². The molecule has 0 fully saturated rings. The van der Waals surface area contributed by atoms with Gasteiger partial charge in [-0.15, -0.1) is 0 Å². The molecule has 1 aliphatic rings.